The molecule has 4 rings (SSSR count). The van der Waals surface area contributed by atoms with Crippen molar-refractivity contribution in [2.75, 3.05) is 12.3 Å². The number of aromatic nitrogens is 3. The molecule has 1 aliphatic rings. The lowest BCUT2D eigenvalue weighted by Gasteiger charge is -2.23. The molecular formula is C18H19BrN4O2. The fraction of sp³-hybridized carbons (Fsp3) is 0.333. The van der Waals surface area contributed by atoms with Crippen LogP contribution in [0.2, 0.25) is 0 Å². The highest BCUT2D eigenvalue weighted by molar-refractivity contribution is 9.10. The Bertz CT molecular complexity index is 919. The Morgan fingerprint density at radius 2 is 2.16 bits per heavy atom. The fourth-order valence-corrected chi connectivity index (χ4v) is 3.42. The summed E-state index contributed by atoms with van der Waals surface area (Å²) in [6.07, 6.45) is 8.32. The highest BCUT2D eigenvalue weighted by Crippen LogP contribution is 2.38. The van der Waals surface area contributed by atoms with Gasteiger partial charge in [0.1, 0.15) is 5.75 Å². The number of fused-ring (bicyclic) bond motifs is 1. The quantitative estimate of drug-likeness (QED) is 0.693. The highest BCUT2D eigenvalue weighted by Gasteiger charge is 2.21. The van der Waals surface area contributed by atoms with Gasteiger partial charge in [0.05, 0.1) is 33.5 Å². The van der Waals surface area contributed by atoms with Crippen molar-refractivity contribution in [3.05, 3.63) is 40.8 Å². The third-order valence-electron chi connectivity index (χ3n) is 4.47. The Morgan fingerprint density at radius 3 is 2.96 bits per heavy atom. The van der Waals surface area contributed by atoms with Crippen LogP contribution in [0.5, 0.6) is 11.5 Å². The van der Waals surface area contributed by atoms with Crippen molar-refractivity contribution in [1.29, 1.82) is 0 Å². The summed E-state index contributed by atoms with van der Waals surface area (Å²) in [4.78, 5) is 4.14. The van der Waals surface area contributed by atoms with Crippen molar-refractivity contribution >= 4 is 32.5 Å². The van der Waals surface area contributed by atoms with Gasteiger partial charge in [-0.1, -0.05) is 6.07 Å². The Balaban J connectivity index is 1.77. The molecule has 6 nitrogen and oxygen atoms in total. The summed E-state index contributed by atoms with van der Waals surface area (Å²) in [6, 6.07) is 4.09. The number of nitrogen functional groups attached to an aromatic ring is 1. The standard InChI is InChI=1S/C18H19BrN4O2/c1-11-5-6-14-12(8-22-23(14)16-4-2-3-7-24-16)18(11)25-15-10-21-9-13(19)17(15)20/h5-6,8-10,16H,2-4,7H2,1H3,(H2,20,21). The highest BCUT2D eigenvalue weighted by atomic mass is 79.9. The Hall–Kier alpha value is -2.12. The molecule has 0 amide bonds. The van der Waals surface area contributed by atoms with Gasteiger partial charge in [0, 0.05) is 12.8 Å². The minimum absolute atomic E-state index is 0.0144. The van der Waals surface area contributed by atoms with E-state index in [-0.39, 0.29) is 6.23 Å². The SMILES string of the molecule is Cc1ccc2c(cnn2C2CCCCO2)c1Oc1cncc(Br)c1N. The molecule has 1 saturated heterocycles. The van der Waals surface area contributed by atoms with Crippen molar-refractivity contribution in [1.82, 2.24) is 14.8 Å². The zero-order valence-corrected chi connectivity index (χ0v) is 15.5. The molecular weight excluding hydrogens is 384 g/mol. The first-order valence-electron chi connectivity index (χ1n) is 8.30. The largest absolute Gasteiger partial charge is 0.452 e. The van der Waals surface area contributed by atoms with Gasteiger partial charge >= 0.3 is 0 Å². The molecule has 0 saturated carbocycles. The third kappa shape index (κ3) is 2.98. The van der Waals surface area contributed by atoms with Crippen LogP contribution in [0.1, 0.15) is 31.1 Å². The average molecular weight is 403 g/mol. The number of nitrogens with zero attached hydrogens (tertiary/aromatic N) is 3. The summed E-state index contributed by atoms with van der Waals surface area (Å²) >= 11 is 3.38. The van der Waals surface area contributed by atoms with E-state index in [4.69, 9.17) is 15.2 Å². The Labute approximate surface area is 154 Å². The van der Waals surface area contributed by atoms with Crippen LogP contribution >= 0.6 is 15.9 Å². The van der Waals surface area contributed by atoms with Gasteiger partial charge in [-0.3, -0.25) is 4.98 Å². The summed E-state index contributed by atoms with van der Waals surface area (Å²) < 4.78 is 14.7. The molecule has 0 spiro atoms. The van der Waals surface area contributed by atoms with Crippen LogP contribution in [0, 0.1) is 6.92 Å². The first kappa shape index (κ1) is 16.4. The molecule has 3 aromatic rings. The van der Waals surface area contributed by atoms with Gasteiger partial charge in [0.15, 0.2) is 12.0 Å². The number of pyridine rings is 1. The van der Waals surface area contributed by atoms with E-state index in [1.54, 1.807) is 12.4 Å². The Kier molecular flexibility index (Phi) is 4.35. The van der Waals surface area contributed by atoms with Crippen molar-refractivity contribution in [2.24, 2.45) is 0 Å². The van der Waals surface area contributed by atoms with E-state index in [0.717, 1.165) is 48.1 Å². The second-order valence-electron chi connectivity index (χ2n) is 6.19. The molecule has 7 heteroatoms. The van der Waals surface area contributed by atoms with Crippen LogP contribution in [0.4, 0.5) is 5.69 Å². The van der Waals surface area contributed by atoms with E-state index in [0.29, 0.717) is 15.9 Å². The molecule has 2 aromatic heterocycles. The number of halogens is 1. The average Bonchev–Trinajstić information content (AvgIpc) is 3.06. The van der Waals surface area contributed by atoms with Crippen molar-refractivity contribution in [3.63, 3.8) is 0 Å². The topological polar surface area (TPSA) is 75.2 Å². The second-order valence-corrected chi connectivity index (χ2v) is 7.04. The molecule has 1 aromatic carbocycles. The zero-order chi connectivity index (χ0) is 17.4. The molecule has 1 unspecified atom stereocenters. The van der Waals surface area contributed by atoms with Gasteiger partial charge in [0.25, 0.3) is 0 Å². The number of aryl methyl sites for hydroxylation is 1. The number of nitrogens with two attached hydrogens (primary N) is 1. The lowest BCUT2D eigenvalue weighted by molar-refractivity contribution is -0.0366. The predicted molar refractivity (Wildman–Crippen MR) is 99.7 cm³/mol. The van der Waals surface area contributed by atoms with Crippen LogP contribution < -0.4 is 10.5 Å². The third-order valence-corrected chi connectivity index (χ3v) is 5.10. The van der Waals surface area contributed by atoms with Crippen molar-refractivity contribution < 1.29 is 9.47 Å². The Morgan fingerprint density at radius 1 is 1.28 bits per heavy atom. The molecule has 1 atom stereocenters. The first-order valence-corrected chi connectivity index (χ1v) is 9.09. The predicted octanol–water partition coefficient (Wildman–Crippen LogP) is 4.58. The number of benzene rings is 1. The molecule has 130 valence electrons. The second kappa shape index (κ2) is 6.65. The van der Waals surface area contributed by atoms with E-state index < -0.39 is 0 Å². The first-order chi connectivity index (χ1) is 12.1. The van der Waals surface area contributed by atoms with Crippen LogP contribution in [0.15, 0.2) is 35.2 Å². The summed E-state index contributed by atoms with van der Waals surface area (Å²) in [7, 11) is 0. The summed E-state index contributed by atoms with van der Waals surface area (Å²) in [5.74, 6) is 1.26. The van der Waals surface area contributed by atoms with Gasteiger partial charge in [-0.15, -0.1) is 0 Å². The summed E-state index contributed by atoms with van der Waals surface area (Å²) in [5.41, 5.74) is 8.62. The number of rotatable bonds is 3. The van der Waals surface area contributed by atoms with Crippen LogP contribution in [-0.4, -0.2) is 21.4 Å². The number of hydrogen-bond donors (Lipinski definition) is 1. The van der Waals surface area contributed by atoms with Gasteiger partial charge in [0.2, 0.25) is 0 Å². The van der Waals surface area contributed by atoms with E-state index in [2.05, 4.69) is 32.1 Å². The molecule has 2 N–H and O–H groups in total. The van der Waals surface area contributed by atoms with Crippen molar-refractivity contribution in [2.45, 2.75) is 32.4 Å². The van der Waals surface area contributed by atoms with Gasteiger partial charge < -0.3 is 15.2 Å². The minimum atomic E-state index is -0.0144. The molecule has 1 aliphatic heterocycles. The van der Waals surface area contributed by atoms with E-state index in [1.807, 2.05) is 23.9 Å². The molecule has 0 radical (unpaired) electrons. The maximum absolute atomic E-state index is 6.12. The number of ether oxygens (including phenoxy) is 2. The van der Waals surface area contributed by atoms with Gasteiger partial charge in [-0.2, -0.15) is 5.10 Å². The molecule has 3 heterocycles. The minimum Gasteiger partial charge on any atom is -0.452 e. The molecule has 25 heavy (non-hydrogen) atoms. The normalized spacial score (nSPS) is 17.8. The monoisotopic (exact) mass is 402 g/mol. The maximum atomic E-state index is 6.12. The molecule has 1 fully saturated rings. The van der Waals surface area contributed by atoms with Crippen LogP contribution in [-0.2, 0) is 4.74 Å². The smallest absolute Gasteiger partial charge is 0.169 e. The van der Waals surface area contributed by atoms with E-state index in [9.17, 15) is 0 Å². The van der Waals surface area contributed by atoms with Crippen LogP contribution in [0.25, 0.3) is 10.9 Å². The zero-order valence-electron chi connectivity index (χ0n) is 13.9. The van der Waals surface area contributed by atoms with Crippen molar-refractivity contribution in [3.8, 4) is 11.5 Å². The number of hydrogen-bond acceptors (Lipinski definition) is 5. The molecule has 0 aliphatic carbocycles. The summed E-state index contributed by atoms with van der Waals surface area (Å²) in [6.45, 7) is 2.78. The lowest BCUT2D eigenvalue weighted by Crippen LogP contribution is -2.18. The summed E-state index contributed by atoms with van der Waals surface area (Å²) in [5, 5.41) is 5.50. The maximum Gasteiger partial charge on any atom is 0.169 e. The number of anilines is 1. The molecule has 0 bridgehead atoms. The van der Waals surface area contributed by atoms with E-state index in [1.165, 1.54) is 0 Å². The van der Waals surface area contributed by atoms with E-state index >= 15 is 0 Å². The van der Waals surface area contributed by atoms with Crippen LogP contribution in [0.3, 0.4) is 0 Å². The van der Waals surface area contributed by atoms with Gasteiger partial charge in [-0.05, 0) is 53.7 Å². The lowest BCUT2D eigenvalue weighted by atomic mass is 10.1. The van der Waals surface area contributed by atoms with Gasteiger partial charge in [-0.25, -0.2) is 4.68 Å². The fourth-order valence-electron chi connectivity index (χ4n) is 3.10.